The fraction of sp³-hybridized carbons (Fsp3) is 0.250. The number of benzene rings is 2. The first kappa shape index (κ1) is 21.5. The van der Waals surface area contributed by atoms with Crippen LogP contribution in [0.25, 0.3) is 11.5 Å². The van der Waals surface area contributed by atoms with Crippen LogP contribution in [0.15, 0.2) is 57.8 Å². The van der Waals surface area contributed by atoms with Crippen LogP contribution in [0, 0.1) is 0 Å². The van der Waals surface area contributed by atoms with Crippen LogP contribution in [0.5, 0.6) is 5.75 Å². The van der Waals surface area contributed by atoms with Gasteiger partial charge in [-0.05, 0) is 48.5 Å². The summed E-state index contributed by atoms with van der Waals surface area (Å²) in [7, 11) is -2.01. The largest absolute Gasteiger partial charge is 0.497 e. The molecule has 2 aromatic carbocycles. The zero-order valence-electron chi connectivity index (χ0n) is 16.8. The molecule has 1 amide bonds. The van der Waals surface area contributed by atoms with Gasteiger partial charge in [-0.3, -0.25) is 10.1 Å². The highest BCUT2D eigenvalue weighted by Crippen LogP contribution is 2.23. The molecule has 1 aromatic heterocycles. The fourth-order valence-corrected chi connectivity index (χ4v) is 4.24. The Morgan fingerprint density at radius 1 is 1.03 bits per heavy atom. The minimum Gasteiger partial charge on any atom is -0.497 e. The second-order valence-electron chi connectivity index (χ2n) is 6.21. The number of nitrogens with zero attached hydrogens (tertiary/aromatic N) is 3. The van der Waals surface area contributed by atoms with Gasteiger partial charge < -0.3 is 9.15 Å². The van der Waals surface area contributed by atoms with E-state index < -0.39 is 15.9 Å². The molecule has 0 aliphatic carbocycles. The lowest BCUT2D eigenvalue weighted by molar-refractivity contribution is 0.102. The summed E-state index contributed by atoms with van der Waals surface area (Å²) >= 11 is 0. The number of amides is 1. The van der Waals surface area contributed by atoms with E-state index >= 15 is 0 Å². The van der Waals surface area contributed by atoms with Gasteiger partial charge in [0.2, 0.25) is 15.9 Å². The maximum atomic E-state index is 12.5. The van der Waals surface area contributed by atoms with E-state index in [1.165, 1.54) is 28.6 Å². The van der Waals surface area contributed by atoms with Crippen LogP contribution < -0.4 is 10.1 Å². The van der Waals surface area contributed by atoms with Crippen LogP contribution in [0.4, 0.5) is 6.01 Å². The summed E-state index contributed by atoms with van der Waals surface area (Å²) in [6.07, 6.45) is 0. The minimum atomic E-state index is -3.58. The number of sulfonamides is 1. The molecule has 3 aromatic rings. The van der Waals surface area contributed by atoms with Gasteiger partial charge in [0, 0.05) is 24.2 Å². The summed E-state index contributed by atoms with van der Waals surface area (Å²) in [4.78, 5) is 12.6. The average molecular weight is 430 g/mol. The summed E-state index contributed by atoms with van der Waals surface area (Å²) < 4.78 is 37.0. The topological polar surface area (TPSA) is 115 Å². The number of hydrogen-bond donors (Lipinski definition) is 1. The Morgan fingerprint density at radius 3 is 2.23 bits per heavy atom. The molecule has 0 bridgehead atoms. The summed E-state index contributed by atoms with van der Waals surface area (Å²) in [5.41, 5.74) is 0.937. The maximum absolute atomic E-state index is 12.5. The van der Waals surface area contributed by atoms with Crippen molar-refractivity contribution < 1.29 is 22.4 Å². The van der Waals surface area contributed by atoms with Crippen molar-refractivity contribution in [2.24, 2.45) is 0 Å². The second-order valence-corrected chi connectivity index (χ2v) is 8.15. The first-order chi connectivity index (χ1) is 14.4. The molecule has 30 heavy (non-hydrogen) atoms. The summed E-state index contributed by atoms with van der Waals surface area (Å²) in [5, 5.41) is 10.2. The molecule has 158 valence electrons. The third kappa shape index (κ3) is 4.50. The van der Waals surface area contributed by atoms with Gasteiger partial charge in [-0.15, -0.1) is 5.10 Å². The molecule has 10 heteroatoms. The third-order valence-corrected chi connectivity index (χ3v) is 6.51. The van der Waals surface area contributed by atoms with Crippen molar-refractivity contribution in [2.45, 2.75) is 18.7 Å². The highest BCUT2D eigenvalue weighted by Gasteiger charge is 2.22. The summed E-state index contributed by atoms with van der Waals surface area (Å²) in [6.45, 7) is 4.28. The van der Waals surface area contributed by atoms with Crippen molar-refractivity contribution in [3.63, 3.8) is 0 Å². The van der Waals surface area contributed by atoms with Crippen molar-refractivity contribution in [3.8, 4) is 17.2 Å². The summed E-state index contributed by atoms with van der Waals surface area (Å²) in [5.74, 6) is 0.443. The van der Waals surface area contributed by atoms with Gasteiger partial charge in [-0.25, -0.2) is 8.42 Å². The number of carbonyl (C=O) groups excluding carboxylic acids is 1. The smallest absolute Gasteiger partial charge is 0.322 e. The van der Waals surface area contributed by atoms with E-state index in [0.717, 1.165) is 0 Å². The Hall–Kier alpha value is -3.24. The summed E-state index contributed by atoms with van der Waals surface area (Å²) in [6, 6.07) is 12.6. The normalized spacial score (nSPS) is 11.5. The van der Waals surface area contributed by atoms with Crippen LogP contribution >= 0.6 is 0 Å². The SMILES string of the molecule is CCN(CC)S(=O)(=O)c1ccc(C(=O)Nc2nnc(-c3ccc(OC)cc3)o2)cc1. The van der Waals surface area contributed by atoms with Crippen molar-refractivity contribution in [1.29, 1.82) is 0 Å². The monoisotopic (exact) mass is 430 g/mol. The molecule has 3 rings (SSSR count). The van der Waals surface area contributed by atoms with Gasteiger partial charge in [0.15, 0.2) is 0 Å². The van der Waals surface area contributed by atoms with Crippen LogP contribution in [0.3, 0.4) is 0 Å². The lowest BCUT2D eigenvalue weighted by atomic mass is 10.2. The first-order valence-electron chi connectivity index (χ1n) is 9.28. The van der Waals surface area contributed by atoms with Gasteiger partial charge >= 0.3 is 6.01 Å². The fourth-order valence-electron chi connectivity index (χ4n) is 2.78. The Balaban J connectivity index is 1.71. The molecule has 0 atom stereocenters. The van der Waals surface area contributed by atoms with E-state index in [-0.39, 0.29) is 22.4 Å². The minimum absolute atomic E-state index is 0.0642. The lowest BCUT2D eigenvalue weighted by Crippen LogP contribution is -2.30. The molecule has 1 N–H and O–H groups in total. The molecular formula is C20H22N4O5S. The van der Waals surface area contributed by atoms with E-state index in [1.807, 2.05) is 0 Å². The van der Waals surface area contributed by atoms with Gasteiger partial charge in [-0.1, -0.05) is 18.9 Å². The lowest BCUT2D eigenvalue weighted by Gasteiger charge is -2.18. The highest BCUT2D eigenvalue weighted by atomic mass is 32.2. The van der Waals surface area contributed by atoms with Crippen LogP contribution in [-0.4, -0.2) is 49.0 Å². The maximum Gasteiger partial charge on any atom is 0.322 e. The van der Waals surface area contributed by atoms with Crippen molar-refractivity contribution in [3.05, 3.63) is 54.1 Å². The van der Waals surface area contributed by atoms with Crippen LogP contribution in [0.1, 0.15) is 24.2 Å². The number of aromatic nitrogens is 2. The molecule has 1 heterocycles. The Kier molecular flexibility index (Phi) is 6.48. The molecular weight excluding hydrogens is 408 g/mol. The number of rotatable bonds is 8. The number of ether oxygens (including phenoxy) is 1. The predicted molar refractivity (Wildman–Crippen MR) is 111 cm³/mol. The van der Waals surface area contributed by atoms with Gasteiger partial charge in [0.25, 0.3) is 5.91 Å². The van der Waals surface area contributed by atoms with Gasteiger partial charge in [0.05, 0.1) is 12.0 Å². The quantitative estimate of drug-likeness (QED) is 0.584. The zero-order valence-corrected chi connectivity index (χ0v) is 17.6. The Labute approximate surface area is 174 Å². The molecule has 0 saturated heterocycles. The molecule has 0 saturated carbocycles. The van der Waals surface area contributed by atoms with Crippen LogP contribution in [0.2, 0.25) is 0 Å². The first-order valence-corrected chi connectivity index (χ1v) is 10.7. The second kappa shape index (κ2) is 9.06. The predicted octanol–water partition coefficient (Wildman–Crippen LogP) is 3.03. The van der Waals surface area contributed by atoms with Crippen LogP contribution in [-0.2, 0) is 10.0 Å². The molecule has 0 fully saturated rings. The molecule has 0 unspecified atom stereocenters. The Bertz CT molecular complexity index is 1100. The molecule has 9 nitrogen and oxygen atoms in total. The standard InChI is InChI=1S/C20H22N4O5S/c1-4-24(5-2)30(26,27)17-12-8-14(9-13-17)18(25)21-20-23-22-19(29-20)15-6-10-16(28-3)11-7-15/h6-13H,4-5H2,1-3H3,(H,21,23,25). The van der Waals surface area contributed by atoms with Gasteiger partial charge in [-0.2, -0.15) is 4.31 Å². The highest BCUT2D eigenvalue weighted by molar-refractivity contribution is 7.89. The van der Waals surface area contributed by atoms with Crippen molar-refractivity contribution >= 4 is 21.9 Å². The number of nitrogens with one attached hydrogen (secondary N) is 1. The molecule has 0 spiro atoms. The number of anilines is 1. The van der Waals surface area contributed by atoms with E-state index in [2.05, 4.69) is 15.5 Å². The Morgan fingerprint density at radius 2 is 1.67 bits per heavy atom. The zero-order chi connectivity index (χ0) is 21.7. The molecule has 0 aliphatic heterocycles. The van der Waals surface area contributed by atoms with Crippen molar-refractivity contribution in [2.75, 3.05) is 25.5 Å². The van der Waals surface area contributed by atoms with Gasteiger partial charge in [0.1, 0.15) is 5.75 Å². The van der Waals surface area contributed by atoms with E-state index in [4.69, 9.17) is 9.15 Å². The van der Waals surface area contributed by atoms with E-state index in [0.29, 0.717) is 24.4 Å². The third-order valence-electron chi connectivity index (χ3n) is 4.44. The molecule has 0 radical (unpaired) electrons. The molecule has 0 aliphatic rings. The van der Waals surface area contributed by atoms with E-state index in [9.17, 15) is 13.2 Å². The number of hydrogen-bond acceptors (Lipinski definition) is 7. The van der Waals surface area contributed by atoms with E-state index in [1.54, 1.807) is 45.2 Å². The number of methoxy groups -OCH3 is 1. The average Bonchev–Trinajstić information content (AvgIpc) is 3.23. The number of carbonyl (C=O) groups is 1. The van der Waals surface area contributed by atoms with Crippen molar-refractivity contribution in [1.82, 2.24) is 14.5 Å².